The van der Waals surface area contributed by atoms with Gasteiger partial charge in [-0.25, -0.2) is 9.97 Å². The quantitative estimate of drug-likeness (QED) is 0.711. The number of aromatic nitrogens is 2. The summed E-state index contributed by atoms with van der Waals surface area (Å²) in [5.74, 6) is -0.304. The average Bonchev–Trinajstić information content (AvgIpc) is 2.72. The Morgan fingerprint density at radius 2 is 1.69 bits per heavy atom. The van der Waals surface area contributed by atoms with Crippen LogP contribution in [0.4, 0.5) is 0 Å². The lowest BCUT2D eigenvalue weighted by Crippen LogP contribution is -2.50. The third-order valence-corrected chi connectivity index (χ3v) is 5.21. The van der Waals surface area contributed by atoms with Gasteiger partial charge in [-0.05, 0) is 43.7 Å². The van der Waals surface area contributed by atoms with Gasteiger partial charge in [0, 0.05) is 36.7 Å². The highest BCUT2D eigenvalue weighted by Gasteiger charge is 2.26. The van der Waals surface area contributed by atoms with Crippen molar-refractivity contribution in [3.8, 4) is 0 Å². The molecule has 1 aliphatic rings. The summed E-state index contributed by atoms with van der Waals surface area (Å²) in [6.07, 6.45) is 4.62. The number of rotatable bonds is 4. The van der Waals surface area contributed by atoms with Gasteiger partial charge in [0.1, 0.15) is 17.6 Å². The van der Waals surface area contributed by atoms with Crippen LogP contribution in [-0.2, 0) is 10.4 Å². The maximum atomic E-state index is 12.7. The molecule has 3 rings (SSSR count). The number of piperazine rings is 1. The minimum absolute atomic E-state index is 0.0774. The van der Waals surface area contributed by atoms with Gasteiger partial charge in [-0.1, -0.05) is 28.1 Å². The van der Waals surface area contributed by atoms with Crippen LogP contribution in [0.5, 0.6) is 0 Å². The standard InChI is InChI=1S/C21H23BrN4O3/c1-21(2,29)18-13-17(23-14-24-18)20(28)26-11-9-25(10-12-26)19(27)8-5-15-3-6-16(22)7-4-15/h3-8,13-14,29H,9-12H2,1-2H3/b8-5+. The summed E-state index contributed by atoms with van der Waals surface area (Å²) in [4.78, 5) is 36.6. The molecule has 0 saturated carbocycles. The zero-order valence-electron chi connectivity index (χ0n) is 16.4. The van der Waals surface area contributed by atoms with E-state index >= 15 is 0 Å². The number of hydrogen-bond donors (Lipinski definition) is 1. The molecule has 2 amide bonds. The van der Waals surface area contributed by atoms with Gasteiger partial charge >= 0.3 is 0 Å². The van der Waals surface area contributed by atoms with Crippen LogP contribution in [0.1, 0.15) is 35.6 Å². The topological polar surface area (TPSA) is 86.6 Å². The first-order valence-corrected chi connectivity index (χ1v) is 10.1. The molecule has 29 heavy (non-hydrogen) atoms. The molecule has 1 aromatic heterocycles. The van der Waals surface area contributed by atoms with Gasteiger partial charge in [0.2, 0.25) is 5.91 Å². The van der Waals surface area contributed by atoms with Crippen molar-refractivity contribution in [2.24, 2.45) is 0 Å². The zero-order chi connectivity index (χ0) is 21.0. The van der Waals surface area contributed by atoms with E-state index in [9.17, 15) is 14.7 Å². The second kappa shape index (κ2) is 8.84. The molecule has 0 radical (unpaired) electrons. The molecule has 1 fully saturated rings. The van der Waals surface area contributed by atoms with Crippen LogP contribution in [0.25, 0.3) is 6.08 Å². The lowest BCUT2D eigenvalue weighted by molar-refractivity contribution is -0.127. The molecule has 0 bridgehead atoms. The van der Waals surface area contributed by atoms with Crippen LogP contribution in [0.15, 0.2) is 47.2 Å². The first kappa shape index (κ1) is 21.1. The van der Waals surface area contributed by atoms with E-state index in [1.165, 1.54) is 12.4 Å². The Kier molecular flexibility index (Phi) is 6.44. The van der Waals surface area contributed by atoms with Crippen molar-refractivity contribution in [1.29, 1.82) is 0 Å². The molecule has 152 valence electrons. The van der Waals surface area contributed by atoms with Crippen LogP contribution in [-0.4, -0.2) is 62.9 Å². The summed E-state index contributed by atoms with van der Waals surface area (Å²) in [5.41, 5.74) is 0.432. The van der Waals surface area contributed by atoms with Crippen molar-refractivity contribution in [3.05, 3.63) is 64.2 Å². The van der Waals surface area contributed by atoms with E-state index in [0.29, 0.717) is 31.9 Å². The van der Waals surface area contributed by atoms with E-state index in [2.05, 4.69) is 25.9 Å². The monoisotopic (exact) mass is 458 g/mol. The Balaban J connectivity index is 1.58. The molecule has 0 atom stereocenters. The molecular formula is C21H23BrN4O3. The van der Waals surface area contributed by atoms with Crippen molar-refractivity contribution in [2.75, 3.05) is 26.2 Å². The van der Waals surface area contributed by atoms with E-state index in [1.54, 1.807) is 35.8 Å². The molecule has 0 unspecified atom stereocenters. The molecule has 2 aromatic rings. The number of nitrogens with zero attached hydrogens (tertiary/aromatic N) is 4. The fourth-order valence-corrected chi connectivity index (χ4v) is 3.21. The Morgan fingerprint density at radius 3 is 2.31 bits per heavy atom. The number of carbonyl (C=O) groups excluding carboxylic acids is 2. The summed E-state index contributed by atoms with van der Waals surface area (Å²) in [6.45, 7) is 4.99. The second-order valence-electron chi connectivity index (χ2n) is 7.35. The van der Waals surface area contributed by atoms with E-state index in [0.717, 1.165) is 10.0 Å². The molecule has 0 spiro atoms. The van der Waals surface area contributed by atoms with Gasteiger partial charge in [-0.15, -0.1) is 0 Å². The maximum absolute atomic E-state index is 12.7. The summed E-state index contributed by atoms with van der Waals surface area (Å²) >= 11 is 3.38. The third-order valence-electron chi connectivity index (χ3n) is 4.68. The highest BCUT2D eigenvalue weighted by atomic mass is 79.9. The summed E-state index contributed by atoms with van der Waals surface area (Å²) < 4.78 is 0.986. The summed E-state index contributed by atoms with van der Waals surface area (Å²) in [6, 6.07) is 9.21. The van der Waals surface area contributed by atoms with Crippen LogP contribution in [0.2, 0.25) is 0 Å². The number of aliphatic hydroxyl groups is 1. The smallest absolute Gasteiger partial charge is 0.272 e. The predicted molar refractivity (Wildman–Crippen MR) is 113 cm³/mol. The van der Waals surface area contributed by atoms with Gasteiger partial charge in [-0.2, -0.15) is 0 Å². The van der Waals surface area contributed by atoms with Crippen molar-refractivity contribution in [1.82, 2.24) is 19.8 Å². The minimum Gasteiger partial charge on any atom is -0.384 e. The summed E-state index contributed by atoms with van der Waals surface area (Å²) in [7, 11) is 0. The number of hydrogen-bond acceptors (Lipinski definition) is 5. The molecule has 8 heteroatoms. The first-order chi connectivity index (χ1) is 13.7. The highest BCUT2D eigenvalue weighted by Crippen LogP contribution is 2.18. The number of amides is 2. The van der Waals surface area contributed by atoms with Crippen molar-refractivity contribution in [2.45, 2.75) is 19.4 Å². The van der Waals surface area contributed by atoms with Crippen LogP contribution in [0.3, 0.4) is 0 Å². The van der Waals surface area contributed by atoms with Gasteiger partial charge in [0.15, 0.2) is 0 Å². The van der Waals surface area contributed by atoms with E-state index in [1.807, 2.05) is 24.3 Å². The molecular weight excluding hydrogens is 436 g/mol. The number of benzene rings is 1. The second-order valence-corrected chi connectivity index (χ2v) is 8.27. The molecule has 7 nitrogen and oxygen atoms in total. The van der Waals surface area contributed by atoms with Crippen LogP contribution < -0.4 is 0 Å². The molecule has 1 N–H and O–H groups in total. The molecule has 0 aliphatic carbocycles. The van der Waals surface area contributed by atoms with E-state index in [-0.39, 0.29) is 17.5 Å². The molecule has 2 heterocycles. The SMILES string of the molecule is CC(C)(O)c1cc(C(=O)N2CCN(C(=O)/C=C/c3ccc(Br)cc3)CC2)ncn1. The van der Waals surface area contributed by atoms with E-state index in [4.69, 9.17) is 0 Å². The van der Waals surface area contributed by atoms with Crippen LogP contribution >= 0.6 is 15.9 Å². The Bertz CT molecular complexity index is 914. The Morgan fingerprint density at radius 1 is 1.07 bits per heavy atom. The number of carbonyl (C=O) groups is 2. The maximum Gasteiger partial charge on any atom is 0.272 e. The fraction of sp³-hybridized carbons (Fsp3) is 0.333. The van der Waals surface area contributed by atoms with Crippen molar-refractivity contribution >= 4 is 33.8 Å². The Labute approximate surface area is 178 Å². The molecule has 1 aromatic carbocycles. The van der Waals surface area contributed by atoms with Gasteiger partial charge in [-0.3, -0.25) is 9.59 Å². The Hall–Kier alpha value is -2.58. The summed E-state index contributed by atoms with van der Waals surface area (Å²) in [5, 5.41) is 10.1. The zero-order valence-corrected chi connectivity index (χ0v) is 18.0. The minimum atomic E-state index is -1.15. The largest absolute Gasteiger partial charge is 0.384 e. The van der Waals surface area contributed by atoms with Crippen molar-refractivity contribution < 1.29 is 14.7 Å². The average molecular weight is 459 g/mol. The highest BCUT2D eigenvalue weighted by molar-refractivity contribution is 9.10. The normalized spacial score (nSPS) is 15.0. The fourth-order valence-electron chi connectivity index (χ4n) is 2.95. The molecule has 1 aliphatic heterocycles. The lowest BCUT2D eigenvalue weighted by atomic mass is 10.0. The third kappa shape index (κ3) is 5.48. The molecule has 1 saturated heterocycles. The van der Waals surface area contributed by atoms with Gasteiger partial charge in [0.25, 0.3) is 5.91 Å². The van der Waals surface area contributed by atoms with Gasteiger partial charge < -0.3 is 14.9 Å². The van der Waals surface area contributed by atoms with Crippen LogP contribution in [0, 0.1) is 0 Å². The van der Waals surface area contributed by atoms with Crippen molar-refractivity contribution in [3.63, 3.8) is 0 Å². The lowest BCUT2D eigenvalue weighted by Gasteiger charge is -2.34. The first-order valence-electron chi connectivity index (χ1n) is 9.31. The number of halogens is 1. The van der Waals surface area contributed by atoms with Gasteiger partial charge in [0.05, 0.1) is 5.69 Å². The van der Waals surface area contributed by atoms with E-state index < -0.39 is 5.60 Å². The predicted octanol–water partition coefficient (Wildman–Crippen LogP) is 2.46.